The zero-order valence-corrected chi connectivity index (χ0v) is 14.6. The normalized spacial score (nSPS) is 10.9. The quantitative estimate of drug-likeness (QED) is 0.644. The van der Waals surface area contributed by atoms with Crippen molar-refractivity contribution >= 4 is 5.69 Å². The predicted molar refractivity (Wildman–Crippen MR) is 101 cm³/mol. The van der Waals surface area contributed by atoms with Crippen LogP contribution >= 0.6 is 0 Å². The Morgan fingerprint density at radius 3 is 2.09 bits per heavy atom. The molecule has 0 heterocycles. The zero-order chi connectivity index (χ0) is 16.3. The molecule has 0 atom stereocenters. The molecule has 0 bridgehead atoms. The number of hydrogen-bond donors (Lipinski definition) is 1. The molecular weight excluding hydrogens is 280 g/mol. The van der Waals surface area contributed by atoms with Crippen LogP contribution in [-0.4, -0.2) is 31.1 Å². The second-order valence-electron chi connectivity index (χ2n) is 5.99. The number of likely N-dealkylation sites (N-methyl/N-ethyl adjacent to an activating group) is 1. The molecule has 0 radical (unpaired) electrons. The van der Waals surface area contributed by atoms with E-state index in [0.717, 1.165) is 45.4 Å². The van der Waals surface area contributed by atoms with Crippen LogP contribution in [0.4, 0.5) is 5.69 Å². The second-order valence-corrected chi connectivity index (χ2v) is 5.99. The minimum Gasteiger partial charge on any atom is -0.385 e. The third-order valence-electron chi connectivity index (χ3n) is 4.38. The number of nitrogens with one attached hydrogen (secondary N) is 1. The number of anilines is 1. The average molecular weight is 310 g/mol. The molecule has 0 amide bonds. The van der Waals surface area contributed by atoms with Gasteiger partial charge in [0.15, 0.2) is 0 Å². The molecule has 0 aliphatic carbocycles. The summed E-state index contributed by atoms with van der Waals surface area (Å²) in [6.45, 7) is 8.90. The molecule has 23 heavy (non-hydrogen) atoms. The Kier molecular flexibility index (Phi) is 7.68. The summed E-state index contributed by atoms with van der Waals surface area (Å²) >= 11 is 0. The molecule has 0 saturated heterocycles. The van der Waals surface area contributed by atoms with E-state index >= 15 is 0 Å². The van der Waals surface area contributed by atoms with E-state index in [-0.39, 0.29) is 0 Å². The summed E-state index contributed by atoms with van der Waals surface area (Å²) in [6.07, 6.45) is 3.43. The third-order valence-corrected chi connectivity index (χ3v) is 4.38. The van der Waals surface area contributed by atoms with Crippen LogP contribution in [0.15, 0.2) is 54.6 Å². The molecule has 2 nitrogen and oxygen atoms in total. The van der Waals surface area contributed by atoms with Crippen molar-refractivity contribution in [1.82, 2.24) is 4.90 Å². The van der Waals surface area contributed by atoms with Gasteiger partial charge in [0.25, 0.3) is 0 Å². The number of hydrogen-bond acceptors (Lipinski definition) is 2. The minimum atomic E-state index is 1.02. The maximum Gasteiger partial charge on any atom is 0.0340 e. The van der Waals surface area contributed by atoms with E-state index in [1.165, 1.54) is 16.8 Å². The predicted octanol–water partition coefficient (Wildman–Crippen LogP) is 4.62. The van der Waals surface area contributed by atoms with Gasteiger partial charge in [-0.05, 0) is 55.6 Å². The lowest BCUT2D eigenvalue weighted by atomic mass is 10.1. The SMILES string of the molecule is CCN(CC)CCc1ccc(NCCCc2ccccc2)cc1. The Bertz CT molecular complexity index is 530. The molecule has 0 unspecified atom stereocenters. The van der Waals surface area contributed by atoms with E-state index < -0.39 is 0 Å². The second kappa shape index (κ2) is 10.1. The molecule has 0 fully saturated rings. The van der Waals surface area contributed by atoms with Gasteiger partial charge in [-0.3, -0.25) is 0 Å². The first-order valence-electron chi connectivity index (χ1n) is 8.91. The van der Waals surface area contributed by atoms with Gasteiger partial charge in [-0.2, -0.15) is 0 Å². The Hall–Kier alpha value is -1.80. The van der Waals surface area contributed by atoms with Crippen LogP contribution in [-0.2, 0) is 12.8 Å². The molecule has 2 aromatic carbocycles. The number of nitrogens with zero attached hydrogens (tertiary/aromatic N) is 1. The minimum absolute atomic E-state index is 1.02. The highest BCUT2D eigenvalue weighted by atomic mass is 15.1. The van der Waals surface area contributed by atoms with Crippen LogP contribution in [0, 0.1) is 0 Å². The van der Waals surface area contributed by atoms with E-state index in [4.69, 9.17) is 0 Å². The van der Waals surface area contributed by atoms with Gasteiger partial charge in [0.05, 0.1) is 0 Å². The summed E-state index contributed by atoms with van der Waals surface area (Å²) in [7, 11) is 0. The first-order chi connectivity index (χ1) is 11.3. The van der Waals surface area contributed by atoms with Gasteiger partial charge in [-0.15, -0.1) is 0 Å². The van der Waals surface area contributed by atoms with E-state index in [2.05, 4.69) is 78.7 Å². The van der Waals surface area contributed by atoms with Crippen molar-refractivity contribution in [1.29, 1.82) is 0 Å². The molecule has 0 saturated carbocycles. The van der Waals surface area contributed by atoms with Gasteiger partial charge in [-0.1, -0.05) is 56.3 Å². The van der Waals surface area contributed by atoms with Crippen molar-refractivity contribution in [2.75, 3.05) is 31.5 Å². The van der Waals surface area contributed by atoms with E-state index in [1.54, 1.807) is 0 Å². The fourth-order valence-corrected chi connectivity index (χ4v) is 2.79. The summed E-state index contributed by atoms with van der Waals surface area (Å²) in [6, 6.07) is 19.6. The molecule has 124 valence electrons. The van der Waals surface area contributed by atoms with Gasteiger partial charge in [-0.25, -0.2) is 0 Å². The number of aryl methyl sites for hydroxylation is 1. The fourth-order valence-electron chi connectivity index (χ4n) is 2.79. The van der Waals surface area contributed by atoms with Crippen molar-refractivity contribution in [3.8, 4) is 0 Å². The Balaban J connectivity index is 1.68. The van der Waals surface area contributed by atoms with E-state index in [9.17, 15) is 0 Å². The van der Waals surface area contributed by atoms with Crippen LogP contribution < -0.4 is 5.32 Å². The molecule has 0 aromatic heterocycles. The highest BCUT2D eigenvalue weighted by Gasteiger charge is 2.00. The lowest BCUT2D eigenvalue weighted by Crippen LogP contribution is -2.25. The van der Waals surface area contributed by atoms with Crippen molar-refractivity contribution in [3.63, 3.8) is 0 Å². The zero-order valence-electron chi connectivity index (χ0n) is 14.6. The van der Waals surface area contributed by atoms with Crippen molar-refractivity contribution in [2.24, 2.45) is 0 Å². The Morgan fingerprint density at radius 1 is 0.783 bits per heavy atom. The van der Waals surface area contributed by atoms with Gasteiger partial charge in [0, 0.05) is 18.8 Å². The summed E-state index contributed by atoms with van der Waals surface area (Å²) in [5.74, 6) is 0. The van der Waals surface area contributed by atoms with Gasteiger partial charge in [0.1, 0.15) is 0 Å². The number of rotatable bonds is 10. The maximum atomic E-state index is 3.52. The van der Waals surface area contributed by atoms with Crippen molar-refractivity contribution < 1.29 is 0 Å². The smallest absolute Gasteiger partial charge is 0.0340 e. The standard InChI is InChI=1S/C21H30N2/c1-3-23(4-2)18-16-20-12-14-21(15-13-20)22-17-8-11-19-9-6-5-7-10-19/h5-7,9-10,12-15,22H,3-4,8,11,16-18H2,1-2H3. The molecule has 1 N–H and O–H groups in total. The number of benzene rings is 2. The van der Waals surface area contributed by atoms with Crippen LogP contribution in [0.2, 0.25) is 0 Å². The molecule has 0 spiro atoms. The summed E-state index contributed by atoms with van der Waals surface area (Å²) in [4.78, 5) is 2.47. The van der Waals surface area contributed by atoms with Crippen molar-refractivity contribution in [2.45, 2.75) is 33.1 Å². The Labute approximate surface area is 141 Å². The van der Waals surface area contributed by atoms with Crippen LogP contribution in [0.1, 0.15) is 31.4 Å². The molecule has 0 aliphatic rings. The first kappa shape index (κ1) is 17.6. The van der Waals surface area contributed by atoms with Gasteiger partial charge in [0.2, 0.25) is 0 Å². The third kappa shape index (κ3) is 6.45. The fraction of sp³-hybridized carbons (Fsp3) is 0.429. The molecular formula is C21H30N2. The molecule has 0 aliphatic heterocycles. The maximum absolute atomic E-state index is 3.52. The lowest BCUT2D eigenvalue weighted by molar-refractivity contribution is 0.308. The van der Waals surface area contributed by atoms with Crippen LogP contribution in [0.5, 0.6) is 0 Å². The topological polar surface area (TPSA) is 15.3 Å². The molecule has 2 rings (SSSR count). The van der Waals surface area contributed by atoms with Gasteiger partial charge < -0.3 is 10.2 Å². The highest BCUT2D eigenvalue weighted by Crippen LogP contribution is 2.11. The monoisotopic (exact) mass is 310 g/mol. The van der Waals surface area contributed by atoms with E-state index in [0.29, 0.717) is 0 Å². The summed E-state index contributed by atoms with van der Waals surface area (Å²) in [5, 5.41) is 3.52. The van der Waals surface area contributed by atoms with Crippen molar-refractivity contribution in [3.05, 3.63) is 65.7 Å². The van der Waals surface area contributed by atoms with E-state index in [1.807, 2.05) is 0 Å². The average Bonchev–Trinajstić information content (AvgIpc) is 2.61. The van der Waals surface area contributed by atoms with Gasteiger partial charge >= 0.3 is 0 Å². The summed E-state index contributed by atoms with van der Waals surface area (Å²) in [5.41, 5.74) is 4.07. The largest absolute Gasteiger partial charge is 0.385 e. The van der Waals surface area contributed by atoms with Crippen LogP contribution in [0.3, 0.4) is 0 Å². The highest BCUT2D eigenvalue weighted by molar-refractivity contribution is 5.44. The summed E-state index contributed by atoms with van der Waals surface area (Å²) < 4.78 is 0. The molecule has 2 aromatic rings. The lowest BCUT2D eigenvalue weighted by Gasteiger charge is -2.17. The Morgan fingerprint density at radius 2 is 1.43 bits per heavy atom. The first-order valence-corrected chi connectivity index (χ1v) is 8.91. The van der Waals surface area contributed by atoms with Crippen LogP contribution in [0.25, 0.3) is 0 Å². The molecule has 2 heteroatoms.